The zero-order chi connectivity index (χ0) is 11.2. The number of hydrogen-bond donors (Lipinski definition) is 1. The maximum atomic E-state index is 11.2. The van der Waals surface area contributed by atoms with Crippen molar-refractivity contribution in [1.82, 2.24) is 14.8 Å². The summed E-state index contributed by atoms with van der Waals surface area (Å²) in [7, 11) is 0. The lowest BCUT2D eigenvalue weighted by molar-refractivity contribution is -0.142. The van der Waals surface area contributed by atoms with E-state index in [-0.39, 0.29) is 0 Å². The number of carboxylic acid groups (broad SMARTS) is 1. The molecule has 0 bridgehead atoms. The molecule has 0 aromatic carbocycles. The Morgan fingerprint density at radius 1 is 1.56 bits per heavy atom. The van der Waals surface area contributed by atoms with Crippen molar-refractivity contribution in [2.24, 2.45) is 5.92 Å². The molecule has 0 radical (unpaired) electrons. The first-order chi connectivity index (χ1) is 7.72. The van der Waals surface area contributed by atoms with Crippen LogP contribution in [0.4, 0.5) is 0 Å². The molecule has 2 saturated carbocycles. The van der Waals surface area contributed by atoms with Crippen LogP contribution in [0.15, 0.2) is 6.33 Å². The third kappa shape index (κ3) is 1.34. The standard InChI is InChI=1S/C11H15N3O2/c15-10(16)11(4-5-11)14-7-12-13-9(14)6-8-2-1-3-8/h7-8H,1-6H2,(H,15,16). The van der Waals surface area contributed by atoms with Crippen molar-refractivity contribution in [2.75, 3.05) is 0 Å². The molecule has 0 aliphatic heterocycles. The molecule has 5 heteroatoms. The highest BCUT2D eigenvalue weighted by Gasteiger charge is 2.53. The van der Waals surface area contributed by atoms with E-state index in [9.17, 15) is 9.90 Å². The molecule has 86 valence electrons. The van der Waals surface area contributed by atoms with Crippen molar-refractivity contribution in [1.29, 1.82) is 0 Å². The monoisotopic (exact) mass is 221 g/mol. The first-order valence-corrected chi connectivity index (χ1v) is 5.85. The Morgan fingerprint density at radius 2 is 2.31 bits per heavy atom. The maximum Gasteiger partial charge on any atom is 0.329 e. The molecule has 0 saturated heterocycles. The third-order valence-corrected chi connectivity index (χ3v) is 3.90. The van der Waals surface area contributed by atoms with Gasteiger partial charge in [0.1, 0.15) is 17.7 Å². The smallest absolute Gasteiger partial charge is 0.329 e. The van der Waals surface area contributed by atoms with Gasteiger partial charge in [-0.25, -0.2) is 4.79 Å². The fourth-order valence-corrected chi connectivity index (χ4v) is 2.39. The molecule has 1 N–H and O–H groups in total. The van der Waals surface area contributed by atoms with Crippen LogP contribution in [0.25, 0.3) is 0 Å². The second-order valence-electron chi connectivity index (χ2n) is 4.95. The van der Waals surface area contributed by atoms with E-state index in [0.717, 1.165) is 12.2 Å². The Balaban J connectivity index is 1.84. The lowest BCUT2D eigenvalue weighted by atomic mass is 9.83. The molecule has 1 aromatic heterocycles. The Labute approximate surface area is 93.5 Å². The summed E-state index contributed by atoms with van der Waals surface area (Å²) < 4.78 is 1.79. The quantitative estimate of drug-likeness (QED) is 0.829. The lowest BCUT2D eigenvalue weighted by Gasteiger charge is -2.25. The summed E-state index contributed by atoms with van der Waals surface area (Å²) in [6.07, 6.45) is 7.66. The van der Waals surface area contributed by atoms with Crippen LogP contribution in [-0.4, -0.2) is 25.8 Å². The van der Waals surface area contributed by atoms with E-state index >= 15 is 0 Å². The normalized spacial score (nSPS) is 22.8. The zero-order valence-electron chi connectivity index (χ0n) is 9.09. The van der Waals surface area contributed by atoms with Gasteiger partial charge in [-0.3, -0.25) is 0 Å². The highest BCUT2D eigenvalue weighted by molar-refractivity contribution is 5.80. The fraction of sp³-hybridized carbons (Fsp3) is 0.727. The zero-order valence-corrected chi connectivity index (χ0v) is 9.09. The summed E-state index contributed by atoms with van der Waals surface area (Å²) >= 11 is 0. The largest absolute Gasteiger partial charge is 0.479 e. The van der Waals surface area contributed by atoms with Crippen molar-refractivity contribution in [2.45, 2.75) is 44.1 Å². The fourth-order valence-electron chi connectivity index (χ4n) is 2.39. The van der Waals surface area contributed by atoms with Gasteiger partial charge in [0.25, 0.3) is 0 Å². The maximum absolute atomic E-state index is 11.2. The molecule has 3 rings (SSSR count). The lowest BCUT2D eigenvalue weighted by Crippen LogP contribution is -2.29. The van der Waals surface area contributed by atoms with Gasteiger partial charge in [0.15, 0.2) is 0 Å². The van der Waals surface area contributed by atoms with Gasteiger partial charge in [-0.05, 0) is 18.8 Å². The summed E-state index contributed by atoms with van der Waals surface area (Å²) in [5, 5.41) is 17.2. The average molecular weight is 221 g/mol. The number of carboxylic acids is 1. The number of carbonyl (C=O) groups is 1. The van der Waals surface area contributed by atoms with Gasteiger partial charge in [-0.1, -0.05) is 19.3 Å². The topological polar surface area (TPSA) is 68.0 Å². The third-order valence-electron chi connectivity index (χ3n) is 3.90. The van der Waals surface area contributed by atoms with Crippen molar-refractivity contribution in [3.05, 3.63) is 12.2 Å². The van der Waals surface area contributed by atoms with Gasteiger partial charge in [0.05, 0.1) is 0 Å². The van der Waals surface area contributed by atoms with Crippen molar-refractivity contribution >= 4 is 5.97 Å². The molecule has 2 fully saturated rings. The highest BCUT2D eigenvalue weighted by atomic mass is 16.4. The van der Waals surface area contributed by atoms with Crippen LogP contribution < -0.4 is 0 Å². The molecule has 5 nitrogen and oxygen atoms in total. The van der Waals surface area contributed by atoms with Crippen molar-refractivity contribution < 1.29 is 9.90 Å². The molecule has 16 heavy (non-hydrogen) atoms. The van der Waals surface area contributed by atoms with E-state index < -0.39 is 11.5 Å². The second kappa shape index (κ2) is 3.30. The molecule has 0 spiro atoms. The number of aromatic nitrogens is 3. The van der Waals surface area contributed by atoms with Gasteiger partial charge in [-0.15, -0.1) is 10.2 Å². The van der Waals surface area contributed by atoms with Crippen LogP contribution in [0.5, 0.6) is 0 Å². The van der Waals surface area contributed by atoms with Gasteiger partial charge in [-0.2, -0.15) is 0 Å². The number of aliphatic carboxylic acids is 1. The molecule has 2 aliphatic carbocycles. The Hall–Kier alpha value is -1.39. The van der Waals surface area contributed by atoms with E-state index in [4.69, 9.17) is 0 Å². The molecule has 0 atom stereocenters. The van der Waals surface area contributed by atoms with Crippen LogP contribution in [-0.2, 0) is 16.8 Å². The second-order valence-corrected chi connectivity index (χ2v) is 4.95. The van der Waals surface area contributed by atoms with E-state index in [2.05, 4.69) is 10.2 Å². The molecule has 0 unspecified atom stereocenters. The number of rotatable bonds is 4. The first-order valence-electron chi connectivity index (χ1n) is 5.85. The summed E-state index contributed by atoms with van der Waals surface area (Å²) in [6, 6.07) is 0. The van der Waals surface area contributed by atoms with Crippen LogP contribution in [0, 0.1) is 5.92 Å². The predicted molar refractivity (Wildman–Crippen MR) is 55.9 cm³/mol. The Kier molecular flexibility index (Phi) is 2.02. The van der Waals surface area contributed by atoms with E-state index in [1.165, 1.54) is 19.3 Å². The van der Waals surface area contributed by atoms with Crippen molar-refractivity contribution in [3.8, 4) is 0 Å². The predicted octanol–water partition coefficient (Wildman–Crippen LogP) is 1.19. The molecule has 2 aliphatic rings. The summed E-state index contributed by atoms with van der Waals surface area (Å²) in [5.74, 6) is 0.791. The van der Waals surface area contributed by atoms with Crippen LogP contribution in [0.1, 0.15) is 37.9 Å². The van der Waals surface area contributed by atoms with E-state index in [1.807, 2.05) is 0 Å². The van der Waals surface area contributed by atoms with Gasteiger partial charge >= 0.3 is 5.97 Å². The van der Waals surface area contributed by atoms with Crippen LogP contribution in [0.2, 0.25) is 0 Å². The summed E-state index contributed by atoms with van der Waals surface area (Å²) in [4.78, 5) is 11.2. The minimum absolute atomic E-state index is 0.688. The van der Waals surface area contributed by atoms with Gasteiger partial charge in [0, 0.05) is 6.42 Å². The first kappa shape index (κ1) is 9.81. The SMILES string of the molecule is O=C(O)C1(n2cnnc2CC2CCC2)CC1. The van der Waals surface area contributed by atoms with Gasteiger partial charge < -0.3 is 9.67 Å². The number of hydrogen-bond acceptors (Lipinski definition) is 3. The number of nitrogens with zero attached hydrogens (tertiary/aromatic N) is 3. The molecule has 0 amide bonds. The Morgan fingerprint density at radius 3 is 2.81 bits per heavy atom. The summed E-state index contributed by atoms with van der Waals surface area (Å²) in [5.41, 5.74) is -0.720. The summed E-state index contributed by atoms with van der Waals surface area (Å²) in [6.45, 7) is 0. The Bertz CT molecular complexity index is 419. The van der Waals surface area contributed by atoms with E-state index in [1.54, 1.807) is 10.9 Å². The average Bonchev–Trinajstić information content (AvgIpc) is 2.87. The molecule has 1 heterocycles. The van der Waals surface area contributed by atoms with E-state index in [0.29, 0.717) is 18.8 Å². The van der Waals surface area contributed by atoms with Crippen LogP contribution in [0.3, 0.4) is 0 Å². The minimum Gasteiger partial charge on any atom is -0.479 e. The highest BCUT2D eigenvalue weighted by Crippen LogP contribution is 2.44. The van der Waals surface area contributed by atoms with Gasteiger partial charge in [0.2, 0.25) is 0 Å². The molecular weight excluding hydrogens is 206 g/mol. The van der Waals surface area contributed by atoms with Crippen LogP contribution >= 0.6 is 0 Å². The molecular formula is C11H15N3O2. The minimum atomic E-state index is -0.748. The van der Waals surface area contributed by atoms with Crippen molar-refractivity contribution in [3.63, 3.8) is 0 Å². The molecule has 1 aromatic rings.